The quantitative estimate of drug-likeness (QED) is 0.531. The highest BCUT2D eigenvalue weighted by atomic mass is 16.5. The molecule has 2 amide bonds. The fourth-order valence-electron chi connectivity index (χ4n) is 5.99. The van der Waals surface area contributed by atoms with E-state index in [1.54, 1.807) is 0 Å². The molecule has 0 aliphatic carbocycles. The number of anilines is 1. The minimum absolute atomic E-state index is 0.0859. The third-order valence-corrected chi connectivity index (χ3v) is 8.20. The van der Waals surface area contributed by atoms with Crippen LogP contribution in [0.5, 0.6) is 0 Å². The monoisotopic (exact) mass is 508 g/mol. The Morgan fingerprint density at radius 1 is 1.08 bits per heavy atom. The average molecular weight is 509 g/mol. The summed E-state index contributed by atoms with van der Waals surface area (Å²) in [5, 5.41) is 4.07. The fraction of sp³-hybridized carbons (Fsp3) is 0.633. The summed E-state index contributed by atoms with van der Waals surface area (Å²) in [6.07, 6.45) is 6.25. The number of aryl methyl sites for hydroxylation is 2. The Balaban J connectivity index is 1.72. The summed E-state index contributed by atoms with van der Waals surface area (Å²) < 4.78 is 5.35. The Hall–Kier alpha value is -2.67. The summed E-state index contributed by atoms with van der Waals surface area (Å²) >= 11 is 0. The number of para-hydroxylation sites is 1. The fourth-order valence-corrected chi connectivity index (χ4v) is 5.99. The van der Waals surface area contributed by atoms with E-state index < -0.39 is 0 Å². The Morgan fingerprint density at radius 3 is 2.54 bits per heavy atom. The number of amides is 2. The van der Waals surface area contributed by atoms with Gasteiger partial charge < -0.3 is 14.3 Å². The van der Waals surface area contributed by atoms with E-state index in [1.807, 2.05) is 48.8 Å². The minimum Gasteiger partial charge on any atom is -0.361 e. The lowest BCUT2D eigenvalue weighted by atomic mass is 9.92. The molecule has 1 fully saturated rings. The van der Waals surface area contributed by atoms with Gasteiger partial charge in [-0.1, -0.05) is 50.5 Å². The van der Waals surface area contributed by atoms with Crippen molar-refractivity contribution in [2.24, 2.45) is 5.92 Å². The molecular formula is C30H44N4O3. The molecule has 202 valence electrons. The molecule has 0 saturated carbocycles. The van der Waals surface area contributed by atoms with E-state index in [-0.39, 0.29) is 18.2 Å². The Morgan fingerprint density at radius 2 is 1.84 bits per heavy atom. The van der Waals surface area contributed by atoms with Crippen molar-refractivity contribution in [3.8, 4) is 0 Å². The first-order valence-corrected chi connectivity index (χ1v) is 14.1. The molecule has 0 N–H and O–H groups in total. The van der Waals surface area contributed by atoms with Gasteiger partial charge in [-0.2, -0.15) is 0 Å². The van der Waals surface area contributed by atoms with Gasteiger partial charge in [0.1, 0.15) is 5.76 Å². The van der Waals surface area contributed by atoms with Crippen molar-refractivity contribution in [3.63, 3.8) is 0 Å². The second kappa shape index (κ2) is 12.2. The molecule has 0 radical (unpaired) electrons. The number of hydrogen-bond acceptors (Lipinski definition) is 5. The Bertz CT molecular complexity index is 1060. The van der Waals surface area contributed by atoms with E-state index in [0.29, 0.717) is 49.8 Å². The predicted molar refractivity (Wildman–Crippen MR) is 146 cm³/mol. The summed E-state index contributed by atoms with van der Waals surface area (Å²) in [5.41, 5.74) is 3.63. The van der Waals surface area contributed by atoms with Crippen LogP contribution in [0.15, 0.2) is 28.8 Å². The number of carbonyl (C=O) groups excluding carboxylic acids is 2. The average Bonchev–Trinajstić information content (AvgIpc) is 3.19. The van der Waals surface area contributed by atoms with Crippen molar-refractivity contribution in [1.29, 1.82) is 0 Å². The molecule has 2 aliphatic heterocycles. The zero-order valence-corrected chi connectivity index (χ0v) is 23.3. The maximum atomic E-state index is 13.9. The number of nitrogens with zero attached hydrogens (tertiary/aromatic N) is 4. The van der Waals surface area contributed by atoms with Crippen LogP contribution in [0.4, 0.5) is 5.69 Å². The van der Waals surface area contributed by atoms with Crippen LogP contribution < -0.4 is 4.90 Å². The highest BCUT2D eigenvalue weighted by Gasteiger charge is 2.34. The lowest BCUT2D eigenvalue weighted by Crippen LogP contribution is -2.53. The van der Waals surface area contributed by atoms with Crippen molar-refractivity contribution in [2.75, 3.05) is 24.5 Å². The maximum absolute atomic E-state index is 13.9. The molecule has 2 aromatic rings. The van der Waals surface area contributed by atoms with Crippen molar-refractivity contribution in [3.05, 3.63) is 46.8 Å². The van der Waals surface area contributed by atoms with Gasteiger partial charge in [0.25, 0.3) is 0 Å². The van der Waals surface area contributed by atoms with Crippen LogP contribution in [0.2, 0.25) is 0 Å². The highest BCUT2D eigenvalue weighted by molar-refractivity contribution is 5.94. The number of rotatable bonds is 6. The van der Waals surface area contributed by atoms with Crippen LogP contribution in [-0.2, 0) is 22.6 Å². The molecule has 0 spiro atoms. The van der Waals surface area contributed by atoms with E-state index in [1.165, 1.54) is 0 Å². The summed E-state index contributed by atoms with van der Waals surface area (Å²) in [5.74, 6) is 1.56. The Labute approximate surface area is 222 Å². The molecule has 37 heavy (non-hydrogen) atoms. The molecule has 1 aromatic carbocycles. The van der Waals surface area contributed by atoms with E-state index in [4.69, 9.17) is 4.52 Å². The number of carbonyl (C=O) groups is 2. The number of hydrogen-bond donors (Lipinski definition) is 0. The molecule has 2 unspecified atom stereocenters. The van der Waals surface area contributed by atoms with Gasteiger partial charge in [0.05, 0.1) is 12.1 Å². The number of fused-ring (bicyclic) bond motifs is 3. The van der Waals surface area contributed by atoms with Crippen LogP contribution >= 0.6 is 0 Å². The number of piperidine rings is 1. The lowest BCUT2D eigenvalue weighted by molar-refractivity contribution is -0.132. The van der Waals surface area contributed by atoms with Crippen LogP contribution in [0.3, 0.4) is 0 Å². The van der Waals surface area contributed by atoms with Gasteiger partial charge >= 0.3 is 0 Å². The second-order valence-corrected chi connectivity index (χ2v) is 11.2. The molecule has 1 saturated heterocycles. The summed E-state index contributed by atoms with van der Waals surface area (Å²) in [6, 6.07) is 8.87. The van der Waals surface area contributed by atoms with Gasteiger partial charge in [0.2, 0.25) is 11.8 Å². The summed E-state index contributed by atoms with van der Waals surface area (Å²) in [7, 11) is 0. The smallest absolute Gasteiger partial charge is 0.227 e. The number of aromatic nitrogens is 1. The third kappa shape index (κ3) is 6.43. The summed E-state index contributed by atoms with van der Waals surface area (Å²) in [6.45, 7) is 13.2. The van der Waals surface area contributed by atoms with E-state index >= 15 is 0 Å². The Kier molecular flexibility index (Phi) is 9.06. The molecule has 2 aliphatic rings. The summed E-state index contributed by atoms with van der Waals surface area (Å²) in [4.78, 5) is 33.7. The van der Waals surface area contributed by atoms with Crippen molar-refractivity contribution in [1.82, 2.24) is 15.0 Å². The SMILES string of the molecule is CCC(=O)N1CCC2CCCC(CN(C(=O)Cc3c(C)noc3C)Cc3ccccc31)N2CCC(C)C. The van der Waals surface area contributed by atoms with Crippen LogP contribution in [-0.4, -0.2) is 58.5 Å². The third-order valence-electron chi connectivity index (χ3n) is 8.20. The largest absolute Gasteiger partial charge is 0.361 e. The molecule has 7 heteroatoms. The van der Waals surface area contributed by atoms with Crippen LogP contribution in [0.25, 0.3) is 0 Å². The van der Waals surface area contributed by atoms with Crippen LogP contribution in [0, 0.1) is 19.8 Å². The molecule has 3 heterocycles. The standard InChI is InChI=1S/C30H44N4O3/c1-6-29(35)34-17-15-25-11-9-12-26(33(25)16-14-21(2)3)20-32(19-24-10-7-8-13-28(24)34)30(36)18-27-22(4)31-37-23(27)5/h7-8,10,13,21,25-26H,6,9,11-12,14-20H2,1-5H3. The first kappa shape index (κ1) is 27.4. The van der Waals surface area contributed by atoms with Gasteiger partial charge in [-0.3, -0.25) is 14.5 Å². The van der Waals surface area contributed by atoms with Crippen molar-refractivity contribution in [2.45, 2.75) is 98.2 Å². The highest BCUT2D eigenvalue weighted by Crippen LogP contribution is 2.31. The normalized spacial score (nSPS) is 21.0. The molecule has 1 aromatic heterocycles. The first-order valence-electron chi connectivity index (χ1n) is 14.1. The molecule has 7 nitrogen and oxygen atoms in total. The zero-order chi connectivity index (χ0) is 26.5. The maximum Gasteiger partial charge on any atom is 0.227 e. The molecule has 2 bridgehead atoms. The lowest BCUT2D eigenvalue weighted by Gasteiger charge is -2.44. The van der Waals surface area contributed by atoms with E-state index in [9.17, 15) is 9.59 Å². The predicted octanol–water partition coefficient (Wildman–Crippen LogP) is 5.28. The van der Waals surface area contributed by atoms with Gasteiger partial charge in [0.15, 0.2) is 0 Å². The molecule has 2 atom stereocenters. The second-order valence-electron chi connectivity index (χ2n) is 11.2. The molecular weight excluding hydrogens is 464 g/mol. The topological polar surface area (TPSA) is 69.9 Å². The first-order chi connectivity index (χ1) is 17.8. The van der Waals surface area contributed by atoms with Crippen LogP contribution in [0.1, 0.15) is 81.9 Å². The van der Waals surface area contributed by atoms with Crippen molar-refractivity contribution < 1.29 is 14.1 Å². The van der Waals surface area contributed by atoms with E-state index in [0.717, 1.165) is 61.2 Å². The van der Waals surface area contributed by atoms with Gasteiger partial charge in [-0.15, -0.1) is 0 Å². The zero-order valence-electron chi connectivity index (χ0n) is 23.3. The van der Waals surface area contributed by atoms with Gasteiger partial charge in [0, 0.05) is 49.4 Å². The van der Waals surface area contributed by atoms with E-state index in [2.05, 4.69) is 30.0 Å². The molecule has 4 rings (SSSR count). The van der Waals surface area contributed by atoms with Gasteiger partial charge in [-0.25, -0.2) is 0 Å². The van der Waals surface area contributed by atoms with Gasteiger partial charge in [-0.05, 0) is 63.6 Å². The minimum atomic E-state index is 0.0859. The number of benzene rings is 1. The van der Waals surface area contributed by atoms with Crippen molar-refractivity contribution >= 4 is 17.5 Å².